The van der Waals surface area contributed by atoms with Gasteiger partial charge >= 0.3 is 0 Å². The first-order valence-corrected chi connectivity index (χ1v) is 46.0. The molecule has 3 amide bonds. The zero-order valence-electron chi connectivity index (χ0n) is 75.3. The summed E-state index contributed by atoms with van der Waals surface area (Å²) < 4.78 is 61.3. The van der Waals surface area contributed by atoms with Crippen molar-refractivity contribution in [3.63, 3.8) is 0 Å². The predicted molar refractivity (Wildman–Crippen MR) is 452 cm³/mol. The van der Waals surface area contributed by atoms with Crippen molar-refractivity contribution in [2.24, 2.45) is 11.7 Å². The lowest BCUT2D eigenvalue weighted by Crippen LogP contribution is -2.60. The maximum Gasteiger partial charge on any atom is 0.237 e. The number of nitrogens with zero attached hydrogens (tertiary/aromatic N) is 2. The molecule has 33 atom stereocenters. The minimum atomic E-state index is -1.73. The first kappa shape index (κ1) is 118. The largest absolute Gasteiger partial charge is 0.396 e. The van der Waals surface area contributed by atoms with E-state index in [1.165, 1.54) is 6.92 Å². The molecular formula is C84H152N6O42. The molecular weight excluding hydrogens is 1760 g/mol. The van der Waals surface area contributed by atoms with Gasteiger partial charge in [-0.05, 0) is 90.5 Å². The molecule has 1 saturated carbocycles. The predicted octanol–water partition coefficient (Wildman–Crippen LogP) is -11.5. The summed E-state index contributed by atoms with van der Waals surface area (Å²) in [4.78, 5) is 92.7. The van der Waals surface area contributed by atoms with Gasteiger partial charge in [0.2, 0.25) is 17.7 Å². The molecule has 770 valence electrons. The lowest BCUT2D eigenvalue weighted by Gasteiger charge is -2.40. The lowest BCUT2D eigenvalue weighted by molar-refractivity contribution is -0.303. The number of rotatable bonds is 63. The van der Waals surface area contributed by atoms with Crippen molar-refractivity contribution in [3.8, 4) is 0 Å². The summed E-state index contributed by atoms with van der Waals surface area (Å²) in [7, 11) is 0. The second kappa shape index (κ2) is 63.3. The summed E-state index contributed by atoms with van der Waals surface area (Å²) in [6.45, 7) is -2.21. The summed E-state index contributed by atoms with van der Waals surface area (Å²) in [6.07, 6.45) is -34.5. The number of carbonyl (C=O) groups excluding carboxylic acids is 7. The van der Waals surface area contributed by atoms with Crippen LogP contribution < -0.4 is 21.7 Å². The normalized spacial score (nSPS) is 33.4. The molecule has 29 N–H and O–H groups in total. The van der Waals surface area contributed by atoms with E-state index >= 15 is 0 Å². The summed E-state index contributed by atoms with van der Waals surface area (Å²) in [5.41, 5.74) is 5.53. The van der Waals surface area contributed by atoms with Gasteiger partial charge in [0.05, 0.1) is 103 Å². The zero-order chi connectivity index (χ0) is 97.8. The Kier molecular flexibility index (Phi) is 56.6. The van der Waals surface area contributed by atoms with Crippen molar-refractivity contribution in [1.82, 2.24) is 25.8 Å². The second-order valence-electron chi connectivity index (χ2n) is 34.2. The smallest absolute Gasteiger partial charge is 0.237 e. The highest BCUT2D eigenvalue weighted by molar-refractivity contribution is 5.87. The minimum Gasteiger partial charge on any atom is -0.396 e. The van der Waals surface area contributed by atoms with Gasteiger partial charge in [0.1, 0.15) is 152 Å². The van der Waals surface area contributed by atoms with Crippen LogP contribution in [0.4, 0.5) is 0 Å². The van der Waals surface area contributed by atoms with Gasteiger partial charge in [-0.25, -0.2) is 0 Å². The van der Waals surface area contributed by atoms with Crippen molar-refractivity contribution in [2.45, 2.75) is 358 Å². The highest BCUT2D eigenvalue weighted by Gasteiger charge is 2.50. The van der Waals surface area contributed by atoms with Gasteiger partial charge in [-0.3, -0.25) is 43.4 Å². The fourth-order valence-electron chi connectivity index (χ4n) is 16.1. The first-order chi connectivity index (χ1) is 63.0. The maximum atomic E-state index is 14.1. The lowest BCUT2D eigenvalue weighted by atomic mass is 9.81. The number of carbonyl (C=O) groups is 7. The van der Waals surface area contributed by atoms with Crippen LogP contribution in [0.2, 0.25) is 0 Å². The molecule has 0 aromatic carbocycles. The number of unbranched alkanes of at least 4 members (excludes halogenated alkanes) is 7. The monoisotopic (exact) mass is 1920 g/mol. The molecule has 5 heterocycles. The molecule has 0 spiro atoms. The van der Waals surface area contributed by atoms with E-state index in [0.29, 0.717) is 109 Å². The van der Waals surface area contributed by atoms with Gasteiger partial charge in [-0.2, -0.15) is 0 Å². The molecule has 5 saturated heterocycles. The molecule has 6 fully saturated rings. The van der Waals surface area contributed by atoms with Crippen LogP contribution in [0.3, 0.4) is 0 Å². The van der Waals surface area contributed by atoms with Crippen LogP contribution in [-0.2, 0) is 85.7 Å². The molecule has 6 aliphatic rings. The SMILES string of the molecule is CC(=O)[C@H](CCCCN)NC(=O)CCCCC(=O)CCCCC[C@@H](C(=O)NCCO[C@H]1O[C@H](CO)[C@@H](O)[C@H](O)[C@@H]1O)N(CCO[C@H]1O[C@H](CO)[C@@H](O)[C@H](O)[C@@H]1O)CCO[C@H]1O[C@H](CO)[C@@H](O)[C@H](O)[C@@H]1O.CCC(=O)CCCCC(=O)CCCCC[C@@H](C(=O)NCCO[C@H]1O[C@H](CO)[C@@H](O)[C@H](O)[C@@H]1O)N(CCO[C@H]1O[C@H](CO)[C@@H](O)[C@H](O)[C@@H]1O)CCO[C@H]1C[C@H](CO)[C@@H](O)[C@H](O)[C@@H]1O. The first-order valence-electron chi connectivity index (χ1n) is 46.0. The van der Waals surface area contributed by atoms with Crippen LogP contribution in [0.15, 0.2) is 0 Å². The Labute approximate surface area is 766 Å². The minimum absolute atomic E-state index is 0.00216. The fourth-order valence-corrected chi connectivity index (χ4v) is 16.1. The number of amides is 3. The number of hydrogen-bond acceptors (Lipinski definition) is 45. The quantitative estimate of drug-likeness (QED) is 0.0251. The average molecular weight is 1920 g/mol. The van der Waals surface area contributed by atoms with E-state index in [4.69, 9.17) is 57.8 Å². The Morgan fingerprint density at radius 3 is 0.947 bits per heavy atom. The van der Waals surface area contributed by atoms with Crippen LogP contribution in [0.1, 0.15) is 162 Å². The fraction of sp³-hybridized carbons (Fsp3) is 0.917. The third-order valence-corrected chi connectivity index (χ3v) is 24.4. The molecule has 132 heavy (non-hydrogen) atoms. The molecule has 48 nitrogen and oxygen atoms in total. The number of aliphatic hydroxyl groups is 24. The van der Waals surface area contributed by atoms with Crippen LogP contribution in [-0.4, -0.2) is 494 Å². The molecule has 1 aliphatic carbocycles. The summed E-state index contributed by atoms with van der Waals surface area (Å²) >= 11 is 0. The Morgan fingerprint density at radius 2 is 0.636 bits per heavy atom. The summed E-state index contributed by atoms with van der Waals surface area (Å²) in [5.74, 6) is -2.06. The van der Waals surface area contributed by atoms with Gasteiger partial charge in [-0.1, -0.05) is 32.6 Å². The van der Waals surface area contributed by atoms with Gasteiger partial charge in [0.25, 0.3) is 0 Å². The number of ketones is 4. The molecule has 5 aliphatic heterocycles. The molecule has 0 aromatic heterocycles. The highest BCUT2D eigenvalue weighted by atomic mass is 16.7. The molecule has 6 rings (SSSR count). The van der Waals surface area contributed by atoms with Gasteiger partial charge in [0, 0.05) is 96.7 Å². The van der Waals surface area contributed by atoms with E-state index < -0.39 is 253 Å². The van der Waals surface area contributed by atoms with Crippen molar-refractivity contribution in [2.75, 3.05) is 125 Å². The number of ether oxygens (including phenoxy) is 11. The average Bonchev–Trinajstić information content (AvgIpc) is 0.834. The van der Waals surface area contributed by atoms with Crippen molar-refractivity contribution in [1.29, 1.82) is 0 Å². The van der Waals surface area contributed by atoms with Crippen molar-refractivity contribution >= 4 is 40.9 Å². The van der Waals surface area contributed by atoms with Crippen molar-refractivity contribution in [3.05, 3.63) is 0 Å². The van der Waals surface area contributed by atoms with E-state index in [1.54, 1.807) is 16.7 Å². The zero-order valence-corrected chi connectivity index (χ0v) is 75.3. The summed E-state index contributed by atoms with van der Waals surface area (Å²) in [5, 5.41) is 251. The number of hydrogen-bond donors (Lipinski definition) is 28. The van der Waals surface area contributed by atoms with Crippen molar-refractivity contribution < 1.29 is 208 Å². The Bertz CT molecular complexity index is 3140. The van der Waals surface area contributed by atoms with E-state index in [2.05, 4.69) is 16.0 Å². The third kappa shape index (κ3) is 38.0. The number of Topliss-reactive ketones (excluding diaryl/α,β-unsaturated/α-hetero) is 4. The number of nitrogens with one attached hydrogen (secondary N) is 3. The topological polar surface area (TPSA) is 775 Å². The van der Waals surface area contributed by atoms with Gasteiger partial charge in [-0.15, -0.1) is 0 Å². The number of aliphatic hydroxyl groups excluding tert-OH is 24. The highest BCUT2D eigenvalue weighted by Crippen LogP contribution is 2.31. The van der Waals surface area contributed by atoms with Gasteiger partial charge < -0.3 is 196 Å². The summed E-state index contributed by atoms with van der Waals surface area (Å²) in [6, 6.07) is -2.51. The Balaban J connectivity index is 0.000000470. The maximum absolute atomic E-state index is 14.1. The van der Waals surface area contributed by atoms with Gasteiger partial charge in [0.15, 0.2) is 37.2 Å². The molecule has 48 heteroatoms. The molecule has 0 bridgehead atoms. The third-order valence-electron chi connectivity index (χ3n) is 24.4. The Hall–Kier alpha value is -4.43. The van der Waals surface area contributed by atoms with Crippen LogP contribution >= 0.6 is 0 Å². The standard InChI is InChI=1S/C44H80N4O22.C40H72N2O20/c1-24(52)26(11-7-8-14-45)47-31(54)13-6-5-10-25(53)9-3-2-4-12-27(41(64)46-15-18-65-42-38(61)35(58)32(55)28(21-49)68-42)48(16-19-66-43-39(62)36(59)33(56)29(22-50)69-43)17-20-67-44-40(63)37(60)34(57)30(23-51)70-44;1-2-23(46)8-6-7-10-24(47)9-4-3-5-11-25(38(57)41-12-15-59-39-36(55)34(53)31(50)27(20-44)61-39)42(13-16-58-26-18-22(19-43)29(48)33(52)30(26)49)14-17-60-40-37(56)35(54)32(51)28(21-45)62-40/h26-30,32-40,42-44,49-51,55-63H,2-23,45H2,1H3,(H,46,64)(H,47,54);22,25-37,39-40,43-45,48-56H,2-21H2,1H3,(H,41,57)/t26-,27-,28+,29+,30+,32+,33+,34+,35-,36-,37-,38-,39-,40-,42-,43-,44-;22-,25+,26+,27-,28-,29-,30-,31-,32-,33+,34+,35+,36+,37+,39+,40+/m01/s1. The van der Waals surface area contributed by atoms with Crippen LogP contribution in [0, 0.1) is 5.92 Å². The molecule has 0 radical (unpaired) electrons. The number of nitrogens with two attached hydrogens (primary N) is 1. The van der Waals surface area contributed by atoms with E-state index in [-0.39, 0.29) is 146 Å². The second-order valence-corrected chi connectivity index (χ2v) is 34.2. The van der Waals surface area contributed by atoms with E-state index in [9.17, 15) is 156 Å². The Morgan fingerprint density at radius 1 is 0.341 bits per heavy atom. The molecule has 0 unspecified atom stereocenters. The molecule has 0 aromatic rings. The van der Waals surface area contributed by atoms with E-state index in [1.807, 2.05) is 0 Å². The van der Waals surface area contributed by atoms with Crippen LogP contribution in [0.25, 0.3) is 0 Å². The van der Waals surface area contributed by atoms with E-state index in [0.717, 1.165) is 6.42 Å². The van der Waals surface area contributed by atoms with Crippen LogP contribution in [0.5, 0.6) is 0 Å².